The molecule has 0 unspecified atom stereocenters. The van der Waals surface area contributed by atoms with Crippen LogP contribution >= 0.6 is 0 Å². The third-order valence-electron chi connectivity index (χ3n) is 5.59. The maximum Gasteiger partial charge on any atom is 0.397 e. The van der Waals surface area contributed by atoms with E-state index in [2.05, 4.69) is 4.18 Å². The number of hydrogen-bond donors (Lipinski definition) is 6. The standard InChI is InChI=1S/C19H26O11S/c20-8-12-11(6-13(21)15(12)22)7-14-18(30-31(25,26)27)16(23)17(24)19(29-14)28-9-10-4-2-1-3-5-10/h1-5,12-24H,6-9H2/p+1/t12-,13+,14+,15+,16+,17+,18+,19+/m0/s1. The van der Waals surface area contributed by atoms with Gasteiger partial charge in [0, 0.05) is 0 Å². The van der Waals surface area contributed by atoms with E-state index in [0.29, 0.717) is 5.92 Å². The fourth-order valence-electron chi connectivity index (χ4n) is 4.00. The second kappa shape index (κ2) is 10.1. The minimum absolute atomic E-state index is 0.0129. The summed E-state index contributed by atoms with van der Waals surface area (Å²) in [5.41, 5.74) is 0.761. The quantitative estimate of drug-likeness (QED) is 0.196. The molecule has 2 aliphatic rings. The molecule has 11 nitrogen and oxygen atoms in total. The summed E-state index contributed by atoms with van der Waals surface area (Å²) in [5.74, 6) is -0.334. The monoisotopic (exact) mass is 463 g/mol. The van der Waals surface area contributed by atoms with Crippen LogP contribution in [0.5, 0.6) is 0 Å². The summed E-state index contributed by atoms with van der Waals surface area (Å²) in [4.78, 5) is 0. The summed E-state index contributed by atoms with van der Waals surface area (Å²) in [6.07, 6.45) is -10.2. The summed E-state index contributed by atoms with van der Waals surface area (Å²) >= 11 is 0. The van der Waals surface area contributed by atoms with Gasteiger partial charge in [-0.3, -0.25) is 4.55 Å². The van der Waals surface area contributed by atoms with Crippen LogP contribution in [0.2, 0.25) is 0 Å². The summed E-state index contributed by atoms with van der Waals surface area (Å²) in [5, 5.41) is 50.3. The Hall–Kier alpha value is -1.32. The molecule has 8 atom stereocenters. The third-order valence-corrected chi connectivity index (χ3v) is 6.06. The Morgan fingerprint density at radius 1 is 1.06 bits per heavy atom. The highest BCUT2D eigenvalue weighted by molar-refractivity contribution is 7.80. The molecule has 1 heterocycles. The van der Waals surface area contributed by atoms with Crippen LogP contribution in [-0.2, 0) is 30.7 Å². The molecule has 1 saturated carbocycles. The van der Waals surface area contributed by atoms with E-state index in [-0.39, 0.29) is 19.4 Å². The van der Waals surface area contributed by atoms with Gasteiger partial charge in [-0.05, 0) is 5.56 Å². The summed E-state index contributed by atoms with van der Waals surface area (Å²) in [7, 11) is -5.01. The molecule has 1 saturated heterocycles. The summed E-state index contributed by atoms with van der Waals surface area (Å²) < 4.78 is 47.4. The van der Waals surface area contributed by atoms with Crippen molar-refractivity contribution >= 4 is 10.4 Å². The lowest BCUT2D eigenvalue weighted by Gasteiger charge is -2.40. The van der Waals surface area contributed by atoms with Crippen LogP contribution in [0.1, 0.15) is 18.4 Å². The van der Waals surface area contributed by atoms with Gasteiger partial charge in [0.2, 0.25) is 0 Å². The Morgan fingerprint density at radius 3 is 2.35 bits per heavy atom. The molecule has 1 aromatic carbocycles. The van der Waals surface area contributed by atoms with Gasteiger partial charge in [-0.15, -0.1) is 0 Å². The van der Waals surface area contributed by atoms with Crippen molar-refractivity contribution in [2.75, 3.05) is 6.61 Å². The van der Waals surface area contributed by atoms with Crippen molar-refractivity contribution in [3.05, 3.63) is 41.8 Å². The fourth-order valence-corrected chi connectivity index (χ4v) is 4.52. The Bertz CT molecular complexity index is 804. The zero-order valence-corrected chi connectivity index (χ0v) is 17.3. The lowest BCUT2D eigenvalue weighted by atomic mass is 9.86. The van der Waals surface area contributed by atoms with Crippen molar-refractivity contribution in [3.8, 4) is 0 Å². The molecule has 31 heavy (non-hydrogen) atoms. The van der Waals surface area contributed by atoms with E-state index >= 15 is 0 Å². The van der Waals surface area contributed by atoms with Gasteiger partial charge in [0.05, 0.1) is 13.2 Å². The van der Waals surface area contributed by atoms with Crippen molar-refractivity contribution in [1.29, 1.82) is 0 Å². The van der Waals surface area contributed by atoms with Gasteiger partial charge < -0.3 is 35.0 Å². The van der Waals surface area contributed by atoms with Gasteiger partial charge in [-0.25, -0.2) is 4.18 Å². The van der Waals surface area contributed by atoms with Crippen LogP contribution in [0.25, 0.3) is 0 Å². The van der Waals surface area contributed by atoms with E-state index in [1.165, 1.54) is 0 Å². The molecule has 0 amide bonds. The number of benzene rings is 1. The maximum atomic E-state index is 11.3. The molecular formula is C19H27O11S+. The highest BCUT2D eigenvalue weighted by Gasteiger charge is 2.55. The average molecular weight is 463 g/mol. The molecule has 6 N–H and O–H groups in total. The predicted molar refractivity (Wildman–Crippen MR) is 103 cm³/mol. The van der Waals surface area contributed by atoms with Gasteiger partial charge in [-0.2, -0.15) is 8.42 Å². The fraction of sp³-hybridized carbons (Fsp3) is 0.632. The lowest BCUT2D eigenvalue weighted by Crippen LogP contribution is -2.59. The number of rotatable bonds is 8. The van der Waals surface area contributed by atoms with E-state index in [0.717, 1.165) is 5.56 Å². The number of aliphatic hydroxyl groups is 5. The minimum atomic E-state index is -5.01. The van der Waals surface area contributed by atoms with Gasteiger partial charge >= 0.3 is 10.4 Å². The molecule has 1 aromatic rings. The van der Waals surface area contributed by atoms with Gasteiger partial charge in [0.15, 0.2) is 12.2 Å². The molecule has 174 valence electrons. The van der Waals surface area contributed by atoms with Gasteiger partial charge in [-0.1, -0.05) is 30.3 Å². The normalized spacial score (nSPS) is 36.6. The summed E-state index contributed by atoms with van der Waals surface area (Å²) in [6, 6.07) is 8.93. The second-order valence-corrected chi connectivity index (χ2v) is 8.77. The van der Waals surface area contributed by atoms with Crippen molar-refractivity contribution in [2.45, 2.75) is 62.4 Å². The Morgan fingerprint density at radius 2 is 1.74 bits per heavy atom. The molecule has 0 aromatic heterocycles. The smallest absolute Gasteiger partial charge is 0.392 e. The average Bonchev–Trinajstić information content (AvgIpc) is 2.99. The van der Waals surface area contributed by atoms with Crippen molar-refractivity contribution in [3.63, 3.8) is 0 Å². The molecule has 1 aliphatic carbocycles. The van der Waals surface area contributed by atoms with Crippen LogP contribution in [-0.4, -0.2) is 88.0 Å². The zero-order chi connectivity index (χ0) is 22.8. The van der Waals surface area contributed by atoms with E-state index in [4.69, 9.17) is 14.0 Å². The Labute approximate surface area is 179 Å². The highest BCUT2D eigenvalue weighted by atomic mass is 32.3. The molecule has 12 heteroatoms. The van der Waals surface area contributed by atoms with Crippen LogP contribution in [0, 0.1) is 11.8 Å². The van der Waals surface area contributed by atoms with Crippen molar-refractivity contribution < 1.29 is 52.2 Å². The molecule has 1 aliphatic heterocycles. The number of hydrogen-bond acceptors (Lipinski definition) is 10. The molecule has 0 bridgehead atoms. The number of aliphatic hydroxyl groups excluding tert-OH is 5. The van der Waals surface area contributed by atoms with Crippen molar-refractivity contribution in [2.24, 2.45) is 5.92 Å². The molecular weight excluding hydrogens is 436 g/mol. The maximum absolute atomic E-state index is 11.3. The molecule has 2 fully saturated rings. The van der Waals surface area contributed by atoms with Gasteiger partial charge in [0.25, 0.3) is 0 Å². The zero-order valence-electron chi connectivity index (χ0n) is 16.5. The van der Waals surface area contributed by atoms with Gasteiger partial charge in [0.1, 0.15) is 55.4 Å². The third kappa shape index (κ3) is 5.93. The largest absolute Gasteiger partial charge is 0.397 e. The molecule has 0 radical (unpaired) electrons. The predicted octanol–water partition coefficient (Wildman–Crippen LogP) is -1.46. The first-order valence-electron chi connectivity index (χ1n) is 9.75. The van der Waals surface area contributed by atoms with Crippen LogP contribution in [0.4, 0.5) is 0 Å². The SMILES string of the molecule is O=S(=O)(O)O[C@H]1[C@H](O)[C@@H](O)[C@H](OCc2ccccc2)O[C@@H]1C[C+]1C[C@@H](O)[C@H](O)[C@H]1CO. The van der Waals surface area contributed by atoms with Crippen LogP contribution < -0.4 is 0 Å². The van der Waals surface area contributed by atoms with E-state index in [1.54, 1.807) is 24.3 Å². The molecule has 0 spiro atoms. The summed E-state index contributed by atoms with van der Waals surface area (Å²) in [6.45, 7) is -0.442. The second-order valence-electron chi connectivity index (χ2n) is 7.72. The van der Waals surface area contributed by atoms with E-state index in [1.807, 2.05) is 6.07 Å². The Balaban J connectivity index is 1.77. The highest BCUT2D eigenvalue weighted by Crippen LogP contribution is 2.40. The van der Waals surface area contributed by atoms with E-state index in [9.17, 15) is 34.0 Å². The first-order chi connectivity index (χ1) is 14.6. The van der Waals surface area contributed by atoms with Crippen LogP contribution in [0.15, 0.2) is 30.3 Å². The first-order valence-corrected chi connectivity index (χ1v) is 11.1. The number of ether oxygens (including phenoxy) is 2. The minimum Gasteiger partial charge on any atom is -0.392 e. The van der Waals surface area contributed by atoms with Crippen LogP contribution in [0.3, 0.4) is 0 Å². The molecule has 3 rings (SSSR count). The van der Waals surface area contributed by atoms with E-state index < -0.39 is 65.8 Å². The first kappa shape index (κ1) is 24.3. The topological polar surface area (TPSA) is 183 Å². The lowest BCUT2D eigenvalue weighted by molar-refractivity contribution is -0.296. The Kier molecular flexibility index (Phi) is 7.91. The van der Waals surface area contributed by atoms with Crippen molar-refractivity contribution in [1.82, 2.24) is 0 Å².